The average molecular weight is 256 g/mol. The van der Waals surface area contributed by atoms with Gasteiger partial charge < -0.3 is 0 Å². The van der Waals surface area contributed by atoms with Crippen LogP contribution in [0.15, 0.2) is 24.3 Å². The van der Waals surface area contributed by atoms with Crippen LogP contribution in [0.1, 0.15) is 55.5 Å². The number of Topliss-reactive ketones (excluding diaryl/α,β-unsaturated/α-hetero) is 1. The average Bonchev–Trinajstić information content (AvgIpc) is 3.11. The normalized spacial score (nSPS) is 29.1. The van der Waals surface area contributed by atoms with Crippen LogP contribution in [0.3, 0.4) is 0 Å². The Morgan fingerprint density at radius 1 is 1.21 bits per heavy atom. The number of benzene rings is 1. The molecule has 0 aromatic heterocycles. The van der Waals surface area contributed by atoms with Gasteiger partial charge in [-0.05, 0) is 48.6 Å². The molecule has 2 saturated carbocycles. The van der Waals surface area contributed by atoms with E-state index < -0.39 is 0 Å². The second-order valence-electron chi connectivity index (χ2n) is 6.80. The largest absolute Gasteiger partial charge is 0.294 e. The number of hydrogen-bond donors (Lipinski definition) is 0. The molecule has 0 spiro atoms. The molecule has 102 valence electrons. The summed E-state index contributed by atoms with van der Waals surface area (Å²) in [5, 5.41) is 0. The van der Waals surface area contributed by atoms with Gasteiger partial charge in [0, 0.05) is 11.5 Å². The van der Waals surface area contributed by atoms with Gasteiger partial charge in [0.2, 0.25) is 0 Å². The monoisotopic (exact) mass is 256 g/mol. The molecule has 2 fully saturated rings. The zero-order chi connectivity index (χ0) is 13.4. The molecular weight excluding hydrogens is 232 g/mol. The summed E-state index contributed by atoms with van der Waals surface area (Å²) in [4.78, 5) is 12.6. The maximum absolute atomic E-state index is 12.6. The van der Waals surface area contributed by atoms with E-state index in [4.69, 9.17) is 0 Å². The molecule has 1 heteroatoms. The van der Waals surface area contributed by atoms with Crippen LogP contribution < -0.4 is 0 Å². The summed E-state index contributed by atoms with van der Waals surface area (Å²) in [5.41, 5.74) is 2.27. The Hall–Kier alpha value is -1.11. The lowest BCUT2D eigenvalue weighted by Crippen LogP contribution is -2.05. The predicted octanol–water partition coefficient (Wildman–Crippen LogP) is 4.50. The molecular formula is C18H24O. The van der Waals surface area contributed by atoms with Crippen LogP contribution in [0.5, 0.6) is 0 Å². The van der Waals surface area contributed by atoms with Gasteiger partial charge >= 0.3 is 0 Å². The van der Waals surface area contributed by atoms with Gasteiger partial charge in [0.1, 0.15) is 0 Å². The molecule has 0 aliphatic heterocycles. The molecule has 2 atom stereocenters. The first kappa shape index (κ1) is 12.9. The van der Waals surface area contributed by atoms with Crippen LogP contribution in [0, 0.1) is 23.7 Å². The van der Waals surface area contributed by atoms with Crippen molar-refractivity contribution < 1.29 is 4.79 Å². The van der Waals surface area contributed by atoms with Crippen molar-refractivity contribution in [1.29, 1.82) is 0 Å². The molecule has 0 N–H and O–H groups in total. The molecule has 1 aromatic carbocycles. The molecule has 0 bridgehead atoms. The summed E-state index contributed by atoms with van der Waals surface area (Å²) in [6.07, 6.45) is 6.30. The zero-order valence-corrected chi connectivity index (χ0v) is 12.1. The van der Waals surface area contributed by atoms with E-state index >= 15 is 0 Å². The quantitative estimate of drug-likeness (QED) is 0.725. The van der Waals surface area contributed by atoms with Crippen molar-refractivity contribution in [2.75, 3.05) is 0 Å². The highest BCUT2D eigenvalue weighted by Crippen LogP contribution is 2.56. The first-order valence-corrected chi connectivity index (χ1v) is 7.80. The lowest BCUT2D eigenvalue weighted by molar-refractivity contribution is 0.0956. The smallest absolute Gasteiger partial charge is 0.166 e. The van der Waals surface area contributed by atoms with E-state index in [0.717, 1.165) is 23.8 Å². The van der Waals surface area contributed by atoms with Gasteiger partial charge in [0.05, 0.1) is 0 Å². The molecule has 2 aliphatic carbocycles. The minimum absolute atomic E-state index is 0.358. The van der Waals surface area contributed by atoms with E-state index in [0.29, 0.717) is 17.6 Å². The van der Waals surface area contributed by atoms with Crippen LogP contribution >= 0.6 is 0 Å². The molecule has 19 heavy (non-hydrogen) atoms. The molecule has 0 saturated heterocycles. The number of hydrogen-bond acceptors (Lipinski definition) is 1. The van der Waals surface area contributed by atoms with Gasteiger partial charge in [-0.1, -0.05) is 44.9 Å². The Labute approximate surface area is 116 Å². The van der Waals surface area contributed by atoms with E-state index in [1.807, 2.05) is 6.07 Å². The third kappa shape index (κ3) is 2.61. The highest BCUT2D eigenvalue weighted by molar-refractivity contribution is 6.00. The number of ketones is 1. The molecule has 1 nitrogen and oxygen atoms in total. The van der Waals surface area contributed by atoms with Crippen molar-refractivity contribution in [2.45, 2.75) is 46.0 Å². The molecule has 2 aliphatic rings. The SMILES string of the molecule is CC(C)Cc1cccc(C(=O)C2C3CCCCC32)c1. The number of fused-ring (bicyclic) bond motifs is 1. The Morgan fingerprint density at radius 3 is 2.53 bits per heavy atom. The van der Waals surface area contributed by atoms with Gasteiger partial charge in [-0.3, -0.25) is 4.79 Å². The number of carbonyl (C=O) groups is 1. The Bertz CT molecular complexity index is 462. The van der Waals surface area contributed by atoms with Crippen LogP contribution in [-0.2, 0) is 6.42 Å². The minimum Gasteiger partial charge on any atom is -0.294 e. The van der Waals surface area contributed by atoms with E-state index in [2.05, 4.69) is 32.0 Å². The highest BCUT2D eigenvalue weighted by Gasteiger charge is 2.54. The highest BCUT2D eigenvalue weighted by atomic mass is 16.1. The molecule has 0 amide bonds. The standard InChI is InChI=1S/C18H24O/c1-12(2)10-13-6-5-7-14(11-13)18(19)17-15-8-3-4-9-16(15)17/h5-7,11-12,15-17H,3-4,8-10H2,1-2H3. The van der Waals surface area contributed by atoms with Gasteiger partial charge in [0.25, 0.3) is 0 Å². The zero-order valence-electron chi connectivity index (χ0n) is 12.1. The van der Waals surface area contributed by atoms with Crippen molar-refractivity contribution in [2.24, 2.45) is 23.7 Å². The Kier molecular flexibility index (Phi) is 3.47. The van der Waals surface area contributed by atoms with E-state index in [-0.39, 0.29) is 0 Å². The number of rotatable bonds is 4. The predicted molar refractivity (Wildman–Crippen MR) is 78.3 cm³/mol. The Balaban J connectivity index is 1.73. The lowest BCUT2D eigenvalue weighted by atomic mass is 9.98. The van der Waals surface area contributed by atoms with Crippen LogP contribution in [-0.4, -0.2) is 5.78 Å². The Morgan fingerprint density at radius 2 is 1.89 bits per heavy atom. The van der Waals surface area contributed by atoms with Crippen molar-refractivity contribution in [3.05, 3.63) is 35.4 Å². The van der Waals surface area contributed by atoms with E-state index in [1.54, 1.807) is 0 Å². The fourth-order valence-electron chi connectivity index (χ4n) is 3.90. The fourth-order valence-corrected chi connectivity index (χ4v) is 3.90. The summed E-state index contributed by atoms with van der Waals surface area (Å²) < 4.78 is 0. The van der Waals surface area contributed by atoms with Gasteiger partial charge in [-0.2, -0.15) is 0 Å². The molecule has 0 heterocycles. The van der Waals surface area contributed by atoms with E-state index in [9.17, 15) is 4.79 Å². The minimum atomic E-state index is 0.358. The lowest BCUT2D eigenvalue weighted by Gasteiger charge is -2.07. The maximum Gasteiger partial charge on any atom is 0.166 e. The van der Waals surface area contributed by atoms with Crippen LogP contribution in [0.25, 0.3) is 0 Å². The van der Waals surface area contributed by atoms with Crippen molar-refractivity contribution in [3.63, 3.8) is 0 Å². The summed E-state index contributed by atoms with van der Waals surface area (Å²) in [6, 6.07) is 8.34. The first-order chi connectivity index (χ1) is 9.16. The van der Waals surface area contributed by atoms with Gasteiger partial charge in [-0.25, -0.2) is 0 Å². The van der Waals surface area contributed by atoms with Crippen LogP contribution in [0.4, 0.5) is 0 Å². The van der Waals surface area contributed by atoms with Crippen molar-refractivity contribution >= 4 is 5.78 Å². The third-order valence-electron chi connectivity index (χ3n) is 4.81. The van der Waals surface area contributed by atoms with Gasteiger partial charge in [0.15, 0.2) is 5.78 Å². The van der Waals surface area contributed by atoms with Crippen molar-refractivity contribution in [1.82, 2.24) is 0 Å². The maximum atomic E-state index is 12.6. The molecule has 2 unspecified atom stereocenters. The molecule has 0 radical (unpaired) electrons. The number of carbonyl (C=O) groups excluding carboxylic acids is 1. The summed E-state index contributed by atoms with van der Waals surface area (Å²) in [7, 11) is 0. The van der Waals surface area contributed by atoms with Crippen molar-refractivity contribution in [3.8, 4) is 0 Å². The topological polar surface area (TPSA) is 17.1 Å². The van der Waals surface area contributed by atoms with Crippen LogP contribution in [0.2, 0.25) is 0 Å². The second kappa shape index (κ2) is 5.11. The summed E-state index contributed by atoms with van der Waals surface area (Å²) in [6.45, 7) is 4.45. The molecule has 3 rings (SSSR count). The molecule has 1 aromatic rings. The fraction of sp³-hybridized carbons (Fsp3) is 0.611. The summed E-state index contributed by atoms with van der Waals surface area (Å²) in [5.74, 6) is 2.86. The van der Waals surface area contributed by atoms with Gasteiger partial charge in [-0.15, -0.1) is 0 Å². The first-order valence-electron chi connectivity index (χ1n) is 7.80. The second-order valence-corrected chi connectivity index (χ2v) is 6.80. The third-order valence-corrected chi connectivity index (χ3v) is 4.81. The van der Waals surface area contributed by atoms with E-state index in [1.165, 1.54) is 31.2 Å². The summed E-state index contributed by atoms with van der Waals surface area (Å²) >= 11 is 0.